The minimum atomic E-state index is -0.540. The van der Waals surface area contributed by atoms with Gasteiger partial charge in [-0.15, -0.1) is 11.3 Å². The minimum Gasteiger partial charge on any atom is -0.445 e. The van der Waals surface area contributed by atoms with E-state index in [0.717, 1.165) is 10.6 Å². The third-order valence-corrected chi connectivity index (χ3v) is 2.89. The van der Waals surface area contributed by atoms with E-state index >= 15 is 0 Å². The summed E-state index contributed by atoms with van der Waals surface area (Å²) in [7, 11) is 0. The number of nitrogens with one attached hydrogen (secondary N) is 1. The maximum Gasteiger partial charge on any atom is 0.413 e. The van der Waals surface area contributed by atoms with Gasteiger partial charge in [-0.2, -0.15) is 0 Å². The molecule has 0 atom stereocenters. The van der Waals surface area contributed by atoms with E-state index in [1.807, 2.05) is 12.1 Å². The topological polar surface area (TPSA) is 64.1 Å². The summed E-state index contributed by atoms with van der Waals surface area (Å²) in [6.45, 7) is 3.63. The van der Waals surface area contributed by atoms with E-state index in [4.69, 9.17) is 4.74 Å². The van der Waals surface area contributed by atoms with Crippen molar-refractivity contribution in [2.75, 3.05) is 11.9 Å². The molecule has 92 valence electrons. The average molecular weight is 261 g/mol. The van der Waals surface area contributed by atoms with E-state index in [0.29, 0.717) is 5.82 Å². The summed E-state index contributed by atoms with van der Waals surface area (Å²) < 4.78 is 4.80. The molecular formula is C12H11N3O2S. The van der Waals surface area contributed by atoms with E-state index < -0.39 is 6.09 Å². The summed E-state index contributed by atoms with van der Waals surface area (Å²) in [6.07, 6.45) is 4.36. The van der Waals surface area contributed by atoms with E-state index in [-0.39, 0.29) is 6.61 Å². The van der Waals surface area contributed by atoms with Crippen LogP contribution >= 0.6 is 11.3 Å². The van der Waals surface area contributed by atoms with Crippen LogP contribution < -0.4 is 5.32 Å². The molecule has 0 saturated heterocycles. The molecule has 0 aliphatic carbocycles. The number of pyridine rings is 1. The Hall–Kier alpha value is -2.21. The lowest BCUT2D eigenvalue weighted by Gasteiger charge is -2.01. The van der Waals surface area contributed by atoms with Gasteiger partial charge in [-0.1, -0.05) is 12.7 Å². The molecule has 0 radical (unpaired) electrons. The minimum absolute atomic E-state index is 0.174. The molecular weight excluding hydrogens is 250 g/mol. The molecule has 0 unspecified atom stereocenters. The van der Waals surface area contributed by atoms with Crippen molar-refractivity contribution in [3.8, 4) is 10.6 Å². The van der Waals surface area contributed by atoms with Gasteiger partial charge in [-0.05, 0) is 12.1 Å². The maximum atomic E-state index is 11.3. The first-order valence-electron chi connectivity index (χ1n) is 5.20. The van der Waals surface area contributed by atoms with Crippen LogP contribution in [0.2, 0.25) is 0 Å². The fourth-order valence-electron chi connectivity index (χ4n) is 1.23. The lowest BCUT2D eigenvalue weighted by atomic mass is 10.3. The summed E-state index contributed by atoms with van der Waals surface area (Å²) in [5.74, 6) is 0.473. The molecule has 1 amide bonds. The number of hydrogen-bond acceptors (Lipinski definition) is 5. The van der Waals surface area contributed by atoms with Crippen molar-refractivity contribution in [1.29, 1.82) is 0 Å². The molecule has 0 aliphatic heterocycles. The van der Waals surface area contributed by atoms with E-state index in [1.165, 1.54) is 17.4 Å². The third-order valence-electron chi connectivity index (χ3n) is 1.99. The standard InChI is InChI=1S/C12H11N3O2S/c1-2-7-17-12(16)15-10-8-18-11(14-10)9-3-5-13-6-4-9/h2-6,8H,1,7H2,(H,15,16). The number of amides is 1. The average Bonchev–Trinajstić information content (AvgIpc) is 2.86. The Bertz CT molecular complexity index is 539. The van der Waals surface area contributed by atoms with Gasteiger partial charge < -0.3 is 4.74 Å². The summed E-state index contributed by atoms with van der Waals surface area (Å²) in [6, 6.07) is 3.72. The molecule has 18 heavy (non-hydrogen) atoms. The largest absolute Gasteiger partial charge is 0.445 e. The quantitative estimate of drug-likeness (QED) is 0.859. The molecule has 5 nitrogen and oxygen atoms in total. The van der Waals surface area contributed by atoms with Crippen molar-refractivity contribution < 1.29 is 9.53 Å². The fraction of sp³-hybridized carbons (Fsp3) is 0.0833. The predicted molar refractivity (Wildman–Crippen MR) is 70.5 cm³/mol. The van der Waals surface area contributed by atoms with Gasteiger partial charge in [0.05, 0.1) is 0 Å². The SMILES string of the molecule is C=CCOC(=O)Nc1csc(-c2ccncc2)n1. The zero-order valence-corrected chi connectivity index (χ0v) is 10.3. The lowest BCUT2D eigenvalue weighted by Crippen LogP contribution is -2.13. The zero-order chi connectivity index (χ0) is 12.8. The summed E-state index contributed by atoms with van der Waals surface area (Å²) >= 11 is 1.44. The Morgan fingerprint density at radius 2 is 2.28 bits per heavy atom. The predicted octanol–water partition coefficient (Wildman–Crippen LogP) is 2.94. The fourth-order valence-corrected chi connectivity index (χ4v) is 1.99. The van der Waals surface area contributed by atoms with Crippen LogP contribution in [0.3, 0.4) is 0 Å². The Morgan fingerprint density at radius 1 is 1.50 bits per heavy atom. The van der Waals surface area contributed by atoms with Gasteiger partial charge in [0.2, 0.25) is 0 Å². The molecule has 0 saturated carbocycles. The van der Waals surface area contributed by atoms with Gasteiger partial charge in [0, 0.05) is 23.3 Å². The highest BCUT2D eigenvalue weighted by atomic mass is 32.1. The number of anilines is 1. The smallest absolute Gasteiger partial charge is 0.413 e. The van der Waals surface area contributed by atoms with Crippen LogP contribution in [0.4, 0.5) is 10.6 Å². The molecule has 6 heteroatoms. The van der Waals surface area contributed by atoms with Crippen molar-refractivity contribution in [3.05, 3.63) is 42.6 Å². The monoisotopic (exact) mass is 261 g/mol. The third kappa shape index (κ3) is 3.14. The van der Waals surface area contributed by atoms with Crippen molar-refractivity contribution in [3.63, 3.8) is 0 Å². The van der Waals surface area contributed by atoms with E-state index in [2.05, 4.69) is 21.9 Å². The van der Waals surface area contributed by atoms with Crippen LogP contribution in [0.1, 0.15) is 0 Å². The van der Waals surface area contributed by atoms with Gasteiger partial charge in [0.15, 0.2) is 0 Å². The second-order valence-electron chi connectivity index (χ2n) is 3.29. The molecule has 0 spiro atoms. The van der Waals surface area contributed by atoms with Gasteiger partial charge >= 0.3 is 6.09 Å². The van der Waals surface area contributed by atoms with Gasteiger partial charge in [-0.3, -0.25) is 10.3 Å². The van der Waals surface area contributed by atoms with E-state index in [9.17, 15) is 4.79 Å². The molecule has 0 aromatic carbocycles. The van der Waals surface area contributed by atoms with Crippen molar-refractivity contribution in [2.24, 2.45) is 0 Å². The Kier molecular flexibility index (Phi) is 4.03. The molecule has 0 fully saturated rings. The number of ether oxygens (including phenoxy) is 1. The number of rotatable bonds is 4. The summed E-state index contributed by atoms with van der Waals surface area (Å²) in [5, 5.41) is 5.11. The number of hydrogen-bond donors (Lipinski definition) is 1. The van der Waals surface area contributed by atoms with Crippen LogP contribution in [0.5, 0.6) is 0 Å². The van der Waals surface area contributed by atoms with Crippen LogP contribution in [-0.4, -0.2) is 22.7 Å². The second kappa shape index (κ2) is 5.92. The first kappa shape index (κ1) is 12.3. The van der Waals surface area contributed by atoms with Crippen molar-refractivity contribution >= 4 is 23.2 Å². The Morgan fingerprint density at radius 3 is 3.00 bits per heavy atom. The molecule has 2 rings (SSSR count). The van der Waals surface area contributed by atoms with E-state index in [1.54, 1.807) is 17.8 Å². The highest BCUT2D eigenvalue weighted by Crippen LogP contribution is 2.25. The maximum absolute atomic E-state index is 11.3. The molecule has 0 aliphatic rings. The van der Waals surface area contributed by atoms with Crippen molar-refractivity contribution in [1.82, 2.24) is 9.97 Å². The lowest BCUT2D eigenvalue weighted by molar-refractivity contribution is 0.174. The first-order chi connectivity index (χ1) is 8.79. The first-order valence-corrected chi connectivity index (χ1v) is 6.08. The summed E-state index contributed by atoms with van der Waals surface area (Å²) in [4.78, 5) is 19.5. The number of carbonyl (C=O) groups is 1. The number of carbonyl (C=O) groups excluding carboxylic acids is 1. The Labute approximate surface area is 108 Å². The van der Waals surface area contributed by atoms with Crippen LogP contribution in [-0.2, 0) is 4.74 Å². The van der Waals surface area contributed by atoms with Gasteiger partial charge in [0.1, 0.15) is 17.4 Å². The molecule has 2 aromatic rings. The van der Waals surface area contributed by atoms with Crippen LogP contribution in [0, 0.1) is 0 Å². The number of nitrogens with zero attached hydrogens (tertiary/aromatic N) is 2. The molecule has 1 N–H and O–H groups in total. The van der Waals surface area contributed by atoms with Crippen LogP contribution in [0.15, 0.2) is 42.6 Å². The zero-order valence-electron chi connectivity index (χ0n) is 9.50. The molecule has 0 bridgehead atoms. The van der Waals surface area contributed by atoms with Crippen molar-refractivity contribution in [2.45, 2.75) is 0 Å². The Balaban J connectivity index is 2.02. The highest BCUT2D eigenvalue weighted by molar-refractivity contribution is 7.13. The second-order valence-corrected chi connectivity index (χ2v) is 4.14. The normalized spacial score (nSPS) is 9.78. The number of aromatic nitrogens is 2. The van der Waals surface area contributed by atoms with Gasteiger partial charge in [0.25, 0.3) is 0 Å². The van der Waals surface area contributed by atoms with Gasteiger partial charge in [-0.25, -0.2) is 9.78 Å². The van der Waals surface area contributed by atoms with Crippen LogP contribution in [0.25, 0.3) is 10.6 Å². The molecule has 2 aromatic heterocycles. The summed E-state index contributed by atoms with van der Waals surface area (Å²) in [5.41, 5.74) is 0.961. The molecule has 2 heterocycles. The number of thiazole rings is 1. The highest BCUT2D eigenvalue weighted by Gasteiger charge is 2.07.